The number of fused-ring (bicyclic) bond motifs is 5. The normalized spacial score (nSPS) is 44.6. The summed E-state index contributed by atoms with van der Waals surface area (Å²) in [7, 11) is 0. The van der Waals surface area contributed by atoms with E-state index in [1.54, 1.807) is 0 Å². The highest BCUT2D eigenvalue weighted by Gasteiger charge is 2.59. The smallest absolute Gasteiger partial charge is 0.0101 e. The molecule has 150 valence electrons. The zero-order chi connectivity index (χ0) is 19.2. The molecule has 28 heavy (non-hydrogen) atoms. The van der Waals surface area contributed by atoms with Crippen LogP contribution in [-0.4, -0.2) is 0 Å². The summed E-state index contributed by atoms with van der Waals surface area (Å²) >= 11 is 0. The van der Waals surface area contributed by atoms with Crippen LogP contribution in [0.5, 0.6) is 0 Å². The van der Waals surface area contributed by atoms with Crippen molar-refractivity contribution in [3.8, 4) is 0 Å². The molecular formula is C28H38. The predicted octanol–water partition coefficient (Wildman–Crippen LogP) is 7.90. The van der Waals surface area contributed by atoms with Gasteiger partial charge in [-0.2, -0.15) is 0 Å². The molecule has 5 rings (SSSR count). The average Bonchev–Trinajstić information content (AvgIpc) is 3.05. The number of allylic oxidation sites excluding steroid dienone is 1. The molecule has 0 amide bonds. The van der Waals surface area contributed by atoms with Crippen molar-refractivity contribution < 1.29 is 0 Å². The van der Waals surface area contributed by atoms with Crippen molar-refractivity contribution in [2.24, 2.45) is 40.4 Å². The third-order valence-corrected chi connectivity index (χ3v) is 10.0. The Morgan fingerprint density at radius 2 is 1.64 bits per heavy atom. The minimum atomic E-state index is 0.524. The van der Waals surface area contributed by atoms with Crippen LogP contribution in [0, 0.1) is 40.4 Å². The number of rotatable bonds is 2. The summed E-state index contributed by atoms with van der Waals surface area (Å²) in [4.78, 5) is 0. The zero-order valence-corrected chi connectivity index (χ0v) is 18.0. The maximum atomic E-state index is 3.58. The minimum absolute atomic E-state index is 0.524. The molecule has 7 atom stereocenters. The fourth-order valence-corrected chi connectivity index (χ4v) is 8.42. The molecule has 0 heteroatoms. The summed E-state index contributed by atoms with van der Waals surface area (Å²) in [5, 5.41) is 0. The molecule has 0 aromatic heterocycles. The molecule has 0 saturated heterocycles. The van der Waals surface area contributed by atoms with Crippen molar-refractivity contribution >= 4 is 6.08 Å². The molecule has 1 unspecified atom stereocenters. The van der Waals surface area contributed by atoms with E-state index in [0.29, 0.717) is 10.8 Å². The van der Waals surface area contributed by atoms with Gasteiger partial charge in [-0.15, -0.1) is 5.73 Å². The summed E-state index contributed by atoms with van der Waals surface area (Å²) in [6, 6.07) is 10.7. The molecule has 0 spiro atoms. The summed E-state index contributed by atoms with van der Waals surface area (Å²) < 4.78 is 0. The topological polar surface area (TPSA) is 0 Å². The van der Waals surface area contributed by atoms with Gasteiger partial charge in [-0.25, -0.2) is 0 Å². The van der Waals surface area contributed by atoms with E-state index in [2.05, 4.69) is 62.1 Å². The first-order valence-electron chi connectivity index (χ1n) is 12.1. The van der Waals surface area contributed by atoms with Crippen molar-refractivity contribution in [3.05, 3.63) is 47.7 Å². The fourth-order valence-electron chi connectivity index (χ4n) is 8.42. The van der Waals surface area contributed by atoms with E-state index >= 15 is 0 Å². The molecular weight excluding hydrogens is 336 g/mol. The van der Waals surface area contributed by atoms with Gasteiger partial charge in [0.1, 0.15) is 0 Å². The third-order valence-electron chi connectivity index (χ3n) is 10.0. The number of hydrogen-bond acceptors (Lipinski definition) is 0. The van der Waals surface area contributed by atoms with Crippen LogP contribution in [0.2, 0.25) is 0 Å². The van der Waals surface area contributed by atoms with Gasteiger partial charge in [0.2, 0.25) is 0 Å². The largest absolute Gasteiger partial charge is 0.124 e. The molecule has 4 aliphatic carbocycles. The highest BCUT2D eigenvalue weighted by molar-refractivity contribution is 5.48. The second-order valence-electron chi connectivity index (χ2n) is 11.0. The lowest BCUT2D eigenvalue weighted by Gasteiger charge is -2.60. The van der Waals surface area contributed by atoms with E-state index < -0.39 is 0 Å². The molecule has 4 saturated carbocycles. The summed E-state index contributed by atoms with van der Waals surface area (Å²) in [6.45, 7) is 5.34. The van der Waals surface area contributed by atoms with Crippen molar-refractivity contribution in [3.63, 3.8) is 0 Å². The van der Waals surface area contributed by atoms with Gasteiger partial charge in [-0.1, -0.05) is 57.0 Å². The number of hydrogen-bond donors (Lipinski definition) is 0. The first kappa shape index (κ1) is 18.7. The third kappa shape index (κ3) is 2.95. The van der Waals surface area contributed by atoms with Crippen molar-refractivity contribution in [1.82, 2.24) is 0 Å². The lowest BCUT2D eigenvalue weighted by atomic mass is 9.45. The Morgan fingerprint density at radius 1 is 0.821 bits per heavy atom. The van der Waals surface area contributed by atoms with Crippen molar-refractivity contribution in [2.45, 2.75) is 78.1 Å². The van der Waals surface area contributed by atoms with Gasteiger partial charge in [-0.3, -0.25) is 0 Å². The molecule has 0 aliphatic heterocycles. The predicted molar refractivity (Wildman–Crippen MR) is 119 cm³/mol. The van der Waals surface area contributed by atoms with Crippen LogP contribution >= 0.6 is 0 Å². The van der Waals surface area contributed by atoms with Crippen LogP contribution in [0.1, 0.15) is 83.6 Å². The molecule has 4 fully saturated rings. The van der Waals surface area contributed by atoms with Gasteiger partial charge in [0, 0.05) is 0 Å². The zero-order valence-electron chi connectivity index (χ0n) is 18.0. The molecule has 1 aromatic carbocycles. The monoisotopic (exact) mass is 374 g/mol. The second kappa shape index (κ2) is 7.21. The van der Waals surface area contributed by atoms with E-state index in [-0.39, 0.29) is 0 Å². The highest BCUT2D eigenvalue weighted by atomic mass is 14.6. The van der Waals surface area contributed by atoms with Crippen LogP contribution in [0.3, 0.4) is 0 Å². The highest BCUT2D eigenvalue weighted by Crippen LogP contribution is 2.67. The Balaban J connectivity index is 1.36. The van der Waals surface area contributed by atoms with Gasteiger partial charge >= 0.3 is 0 Å². The Bertz CT molecular complexity index is 754. The lowest BCUT2D eigenvalue weighted by Crippen LogP contribution is -2.52. The van der Waals surface area contributed by atoms with Crippen LogP contribution < -0.4 is 0 Å². The Kier molecular flexibility index (Phi) is 4.83. The fraction of sp³-hybridized carbons (Fsp3) is 0.679. The van der Waals surface area contributed by atoms with Crippen LogP contribution in [-0.2, 0) is 0 Å². The summed E-state index contributed by atoms with van der Waals surface area (Å²) in [5.74, 6) is 4.76. The Labute approximate surface area is 172 Å². The maximum absolute atomic E-state index is 3.58. The number of benzene rings is 1. The van der Waals surface area contributed by atoms with Crippen LogP contribution in [0.25, 0.3) is 6.08 Å². The van der Waals surface area contributed by atoms with E-state index in [9.17, 15) is 0 Å². The van der Waals surface area contributed by atoms with Crippen molar-refractivity contribution in [2.75, 3.05) is 0 Å². The Morgan fingerprint density at radius 3 is 2.50 bits per heavy atom. The Hall–Kier alpha value is -1.26. The van der Waals surface area contributed by atoms with E-state index in [0.717, 1.165) is 29.6 Å². The molecule has 1 aromatic rings. The molecule has 0 N–H and O–H groups in total. The average molecular weight is 375 g/mol. The first-order chi connectivity index (χ1) is 13.6. The first-order valence-corrected chi connectivity index (χ1v) is 12.1. The van der Waals surface area contributed by atoms with E-state index in [1.807, 2.05) is 0 Å². The van der Waals surface area contributed by atoms with Gasteiger partial charge in [-0.05, 0) is 110 Å². The van der Waals surface area contributed by atoms with Gasteiger partial charge in [0.15, 0.2) is 0 Å². The van der Waals surface area contributed by atoms with Crippen LogP contribution in [0.4, 0.5) is 0 Å². The minimum Gasteiger partial charge on any atom is -0.124 e. The molecule has 0 bridgehead atoms. The van der Waals surface area contributed by atoms with E-state index in [1.165, 1.54) is 69.8 Å². The molecule has 4 aliphatic rings. The summed E-state index contributed by atoms with van der Waals surface area (Å²) in [5.41, 5.74) is 6.04. The molecule has 0 heterocycles. The lowest BCUT2D eigenvalue weighted by molar-refractivity contribution is -0.107. The SMILES string of the molecule is C[C@]12CC[C@H]3[C@@H](CCC4CCCC[C@@]43C)[C@@H]1CC[C@@H]2C=C=Cc1ccccc1. The molecule has 0 nitrogen and oxygen atoms in total. The van der Waals surface area contributed by atoms with Gasteiger partial charge < -0.3 is 0 Å². The maximum Gasteiger partial charge on any atom is -0.0101 e. The summed E-state index contributed by atoms with van der Waals surface area (Å²) in [6.07, 6.45) is 19.5. The van der Waals surface area contributed by atoms with Gasteiger partial charge in [0.25, 0.3) is 0 Å². The van der Waals surface area contributed by atoms with E-state index in [4.69, 9.17) is 0 Å². The molecule has 0 radical (unpaired) electrons. The second-order valence-corrected chi connectivity index (χ2v) is 11.0. The quantitative estimate of drug-likeness (QED) is 0.461. The van der Waals surface area contributed by atoms with Crippen LogP contribution in [0.15, 0.2) is 42.1 Å². The van der Waals surface area contributed by atoms with Crippen molar-refractivity contribution in [1.29, 1.82) is 0 Å². The van der Waals surface area contributed by atoms with Gasteiger partial charge in [0.05, 0.1) is 0 Å². The standard InChI is InChI=1S/C28H38/c1-27-19-7-6-12-22(27)14-16-24-25-17-15-23(28(25,2)20-18-26(24)27)13-8-11-21-9-4-3-5-10-21/h3-5,9-11,13,22-26H,6-7,12,14-20H2,1-2H3/t8?,22?,23-,24-,25-,26-,27-,28+/m0/s1.